The lowest BCUT2D eigenvalue weighted by Gasteiger charge is -2.03. The van der Waals surface area contributed by atoms with E-state index in [2.05, 4.69) is 15.5 Å². The second kappa shape index (κ2) is 6.31. The number of allylic oxidation sites excluding steroid dienone is 1. The van der Waals surface area contributed by atoms with Crippen LogP contribution in [0.25, 0.3) is 0 Å². The maximum absolute atomic E-state index is 12.2. The summed E-state index contributed by atoms with van der Waals surface area (Å²) in [6.45, 7) is 1.58. The van der Waals surface area contributed by atoms with Crippen molar-refractivity contribution in [1.29, 1.82) is 0 Å². The zero-order valence-electron chi connectivity index (χ0n) is 11.8. The van der Waals surface area contributed by atoms with Gasteiger partial charge < -0.3 is 9.42 Å². The molecule has 0 bridgehead atoms. The number of nitrogens with zero attached hydrogens (tertiary/aromatic N) is 3. The van der Waals surface area contributed by atoms with E-state index in [9.17, 15) is 9.59 Å². The van der Waals surface area contributed by atoms with Crippen molar-refractivity contribution in [3.05, 3.63) is 40.9 Å². The second-order valence-corrected chi connectivity index (χ2v) is 5.29. The molecule has 1 N–H and O–H groups in total. The third kappa shape index (κ3) is 3.54. The van der Waals surface area contributed by atoms with E-state index in [0.717, 1.165) is 0 Å². The fourth-order valence-corrected chi connectivity index (χ4v) is 2.07. The third-order valence-corrected chi connectivity index (χ3v) is 3.19. The van der Waals surface area contributed by atoms with Crippen LogP contribution < -0.4 is 5.32 Å². The summed E-state index contributed by atoms with van der Waals surface area (Å²) < 4.78 is 4.97. The quantitative estimate of drug-likeness (QED) is 0.671. The first-order chi connectivity index (χ1) is 9.99. The summed E-state index contributed by atoms with van der Waals surface area (Å²) in [6.07, 6.45) is 4.49. The Morgan fingerprint density at radius 1 is 1.43 bits per heavy atom. The van der Waals surface area contributed by atoms with E-state index in [1.807, 2.05) is 0 Å². The Morgan fingerprint density at radius 3 is 2.81 bits per heavy atom. The van der Waals surface area contributed by atoms with Crippen molar-refractivity contribution in [3.63, 3.8) is 0 Å². The van der Waals surface area contributed by atoms with Crippen molar-refractivity contribution in [2.75, 3.05) is 19.4 Å². The molecule has 2 heterocycles. The first-order valence-electron chi connectivity index (χ1n) is 6.05. The molecule has 2 aromatic heterocycles. The standard InChI is InChI=1S/C13H14N4O3S/c1-8-10(12(19)15-13-14-5-7-21-13)11(16-20-8)9(18)4-6-17(2)3/h4-7H,1-3H3,(H,14,15,19)/b6-4+. The van der Waals surface area contributed by atoms with Gasteiger partial charge >= 0.3 is 0 Å². The van der Waals surface area contributed by atoms with Crippen molar-refractivity contribution < 1.29 is 14.1 Å². The molecule has 1 amide bonds. The van der Waals surface area contributed by atoms with Gasteiger partial charge in [-0.2, -0.15) is 0 Å². The number of hydrogen-bond acceptors (Lipinski definition) is 7. The Bertz CT molecular complexity index is 674. The highest BCUT2D eigenvalue weighted by molar-refractivity contribution is 7.13. The van der Waals surface area contributed by atoms with Gasteiger partial charge in [-0.3, -0.25) is 14.9 Å². The number of nitrogens with one attached hydrogen (secondary N) is 1. The van der Waals surface area contributed by atoms with Gasteiger partial charge in [-0.1, -0.05) is 5.16 Å². The Balaban J connectivity index is 2.25. The van der Waals surface area contributed by atoms with Crippen LogP contribution >= 0.6 is 11.3 Å². The number of anilines is 1. The largest absolute Gasteiger partial charge is 0.383 e. The number of ketones is 1. The molecule has 0 aliphatic carbocycles. The molecule has 0 spiro atoms. The van der Waals surface area contributed by atoms with Crippen LogP contribution in [0.4, 0.5) is 5.13 Å². The molecule has 8 heteroatoms. The van der Waals surface area contributed by atoms with Crippen molar-refractivity contribution in [1.82, 2.24) is 15.0 Å². The van der Waals surface area contributed by atoms with Gasteiger partial charge in [0.1, 0.15) is 11.3 Å². The molecule has 110 valence electrons. The summed E-state index contributed by atoms with van der Waals surface area (Å²) in [4.78, 5) is 30.0. The van der Waals surface area contributed by atoms with Crippen molar-refractivity contribution in [2.45, 2.75) is 6.92 Å². The zero-order chi connectivity index (χ0) is 15.4. The van der Waals surface area contributed by atoms with Gasteiger partial charge in [-0.05, 0) is 6.92 Å². The van der Waals surface area contributed by atoms with E-state index < -0.39 is 11.7 Å². The first kappa shape index (κ1) is 14.9. The minimum Gasteiger partial charge on any atom is -0.383 e. The van der Waals surface area contributed by atoms with Gasteiger partial charge in [-0.25, -0.2) is 4.98 Å². The van der Waals surface area contributed by atoms with Crippen LogP contribution in [-0.2, 0) is 0 Å². The van der Waals surface area contributed by atoms with E-state index in [1.54, 1.807) is 43.7 Å². The number of aryl methyl sites for hydroxylation is 1. The molecule has 0 aliphatic heterocycles. The third-order valence-electron chi connectivity index (χ3n) is 2.50. The lowest BCUT2D eigenvalue weighted by molar-refractivity contribution is 0.0996. The van der Waals surface area contributed by atoms with Crippen LogP contribution in [0, 0.1) is 6.92 Å². The normalized spacial score (nSPS) is 10.8. The summed E-state index contributed by atoms with van der Waals surface area (Å²) in [5, 5.41) is 8.46. The molecule has 7 nitrogen and oxygen atoms in total. The Labute approximate surface area is 125 Å². The predicted octanol–water partition coefficient (Wildman–Crippen LogP) is 1.95. The van der Waals surface area contributed by atoms with Gasteiger partial charge in [0.05, 0.1) is 0 Å². The fraction of sp³-hybridized carbons (Fsp3) is 0.231. The van der Waals surface area contributed by atoms with Crippen molar-refractivity contribution in [3.8, 4) is 0 Å². The minimum absolute atomic E-state index is 0.0142. The van der Waals surface area contributed by atoms with E-state index >= 15 is 0 Å². The molecule has 2 rings (SSSR count). The highest BCUT2D eigenvalue weighted by Crippen LogP contribution is 2.18. The van der Waals surface area contributed by atoms with Crippen LogP contribution in [0.1, 0.15) is 26.6 Å². The smallest absolute Gasteiger partial charge is 0.263 e. The average molecular weight is 306 g/mol. The molecule has 0 unspecified atom stereocenters. The summed E-state index contributed by atoms with van der Waals surface area (Å²) >= 11 is 1.28. The number of carbonyl (C=O) groups is 2. The SMILES string of the molecule is Cc1onc(C(=O)/C=C/N(C)C)c1C(=O)Nc1nccs1. The molecular weight excluding hydrogens is 292 g/mol. The zero-order valence-corrected chi connectivity index (χ0v) is 12.6. The van der Waals surface area contributed by atoms with Crippen LogP contribution in [0.15, 0.2) is 28.4 Å². The van der Waals surface area contributed by atoms with Crippen LogP contribution in [0.2, 0.25) is 0 Å². The number of carbonyl (C=O) groups excluding carboxylic acids is 2. The Kier molecular flexibility index (Phi) is 4.49. The van der Waals surface area contributed by atoms with Gasteiger partial charge in [-0.15, -0.1) is 11.3 Å². The van der Waals surface area contributed by atoms with E-state index in [1.165, 1.54) is 17.4 Å². The predicted molar refractivity (Wildman–Crippen MR) is 78.5 cm³/mol. The average Bonchev–Trinajstić information content (AvgIpc) is 3.05. The number of amides is 1. The van der Waals surface area contributed by atoms with Crippen LogP contribution in [0.5, 0.6) is 0 Å². The number of thiazole rings is 1. The molecule has 0 aromatic carbocycles. The van der Waals surface area contributed by atoms with Gasteiger partial charge in [0.2, 0.25) is 5.78 Å². The molecule has 0 fully saturated rings. The first-order valence-corrected chi connectivity index (χ1v) is 6.93. The number of rotatable bonds is 5. The summed E-state index contributed by atoms with van der Waals surface area (Å²) in [6, 6.07) is 0. The van der Waals surface area contributed by atoms with Gasteiger partial charge in [0, 0.05) is 37.9 Å². The topological polar surface area (TPSA) is 88.3 Å². The van der Waals surface area contributed by atoms with Gasteiger partial charge in [0.25, 0.3) is 5.91 Å². The van der Waals surface area contributed by atoms with E-state index in [0.29, 0.717) is 5.13 Å². The van der Waals surface area contributed by atoms with Crippen molar-refractivity contribution in [2.24, 2.45) is 0 Å². The maximum atomic E-state index is 12.2. The fourth-order valence-electron chi connectivity index (χ4n) is 1.55. The molecule has 0 saturated heterocycles. The van der Waals surface area contributed by atoms with Gasteiger partial charge in [0.15, 0.2) is 10.8 Å². The molecule has 0 aliphatic rings. The van der Waals surface area contributed by atoms with E-state index in [4.69, 9.17) is 4.52 Å². The number of aromatic nitrogens is 2. The highest BCUT2D eigenvalue weighted by Gasteiger charge is 2.24. The molecule has 0 radical (unpaired) electrons. The number of hydrogen-bond donors (Lipinski definition) is 1. The van der Waals surface area contributed by atoms with E-state index in [-0.39, 0.29) is 17.0 Å². The molecule has 0 atom stereocenters. The summed E-state index contributed by atoms with van der Waals surface area (Å²) in [5.74, 6) is -0.583. The summed E-state index contributed by atoms with van der Waals surface area (Å²) in [7, 11) is 3.57. The maximum Gasteiger partial charge on any atom is 0.263 e. The van der Waals surface area contributed by atoms with Crippen molar-refractivity contribution >= 4 is 28.2 Å². The minimum atomic E-state index is -0.467. The molecule has 0 saturated carbocycles. The molecule has 21 heavy (non-hydrogen) atoms. The second-order valence-electron chi connectivity index (χ2n) is 4.40. The highest BCUT2D eigenvalue weighted by atomic mass is 32.1. The lowest BCUT2D eigenvalue weighted by atomic mass is 10.1. The Hall–Kier alpha value is -2.48. The molecular formula is C13H14N4O3S. The van der Waals surface area contributed by atoms with Crippen LogP contribution in [0.3, 0.4) is 0 Å². The Morgan fingerprint density at radius 2 is 2.19 bits per heavy atom. The molecule has 2 aromatic rings. The van der Waals surface area contributed by atoms with Crippen LogP contribution in [-0.4, -0.2) is 40.8 Å². The monoisotopic (exact) mass is 306 g/mol. The lowest BCUT2D eigenvalue weighted by Crippen LogP contribution is -2.16. The summed E-state index contributed by atoms with van der Waals surface area (Å²) in [5.41, 5.74) is 0.110.